The molecule has 0 aliphatic heterocycles. The Bertz CT molecular complexity index is 560. The van der Waals surface area contributed by atoms with E-state index in [1.54, 1.807) is 0 Å². The topological polar surface area (TPSA) is 86.6 Å². The number of carbonyl (C=O) groups excluding carboxylic acids is 1. The maximum absolute atomic E-state index is 13.5. The predicted molar refractivity (Wildman–Crippen MR) is 61.7 cm³/mol. The third-order valence-electron chi connectivity index (χ3n) is 2.60. The summed E-state index contributed by atoms with van der Waals surface area (Å²) >= 11 is 0. The first kappa shape index (κ1) is 15.8. The fraction of sp³-hybridized carbons (Fsp3) is 0.333. The van der Waals surface area contributed by atoms with Crippen molar-refractivity contribution in [2.24, 2.45) is 5.92 Å². The van der Waals surface area contributed by atoms with Gasteiger partial charge < -0.3 is 15.5 Å². The van der Waals surface area contributed by atoms with Crippen LogP contribution in [0.5, 0.6) is 5.75 Å². The highest BCUT2D eigenvalue weighted by Crippen LogP contribution is 2.25. The number of rotatable bonds is 4. The van der Waals surface area contributed by atoms with Crippen molar-refractivity contribution < 1.29 is 33.0 Å². The first-order valence-electron chi connectivity index (χ1n) is 5.57. The number of amides is 1. The molecule has 8 heteroatoms. The molecule has 20 heavy (non-hydrogen) atoms. The van der Waals surface area contributed by atoms with Gasteiger partial charge in [-0.2, -0.15) is 4.39 Å². The highest BCUT2D eigenvalue weighted by atomic mass is 19.2. The zero-order valence-corrected chi connectivity index (χ0v) is 10.6. The lowest BCUT2D eigenvalue weighted by molar-refractivity contribution is -0.140. The number of carbonyl (C=O) groups is 2. The van der Waals surface area contributed by atoms with Gasteiger partial charge in [-0.25, -0.2) is 13.6 Å². The van der Waals surface area contributed by atoms with Crippen LogP contribution in [0.3, 0.4) is 0 Å². The van der Waals surface area contributed by atoms with Crippen molar-refractivity contribution in [1.29, 1.82) is 0 Å². The molecule has 1 amide bonds. The van der Waals surface area contributed by atoms with E-state index in [1.165, 1.54) is 13.8 Å². The van der Waals surface area contributed by atoms with Gasteiger partial charge in [0.2, 0.25) is 5.82 Å². The Labute approximate surface area is 112 Å². The number of carboxylic acid groups (broad SMARTS) is 1. The minimum absolute atomic E-state index is 0.249. The summed E-state index contributed by atoms with van der Waals surface area (Å²) in [5.74, 6) is -9.87. The molecule has 1 aromatic carbocycles. The van der Waals surface area contributed by atoms with Gasteiger partial charge in [0, 0.05) is 0 Å². The molecule has 0 spiro atoms. The van der Waals surface area contributed by atoms with E-state index < -0.39 is 52.6 Å². The molecule has 0 unspecified atom stereocenters. The molecule has 5 nitrogen and oxygen atoms in total. The molecule has 0 aliphatic rings. The van der Waals surface area contributed by atoms with E-state index >= 15 is 0 Å². The first-order chi connectivity index (χ1) is 9.16. The van der Waals surface area contributed by atoms with Gasteiger partial charge in [0.05, 0.1) is 5.56 Å². The summed E-state index contributed by atoms with van der Waals surface area (Å²) in [7, 11) is 0. The second-order valence-electron chi connectivity index (χ2n) is 4.42. The van der Waals surface area contributed by atoms with Crippen LogP contribution in [0.15, 0.2) is 6.07 Å². The summed E-state index contributed by atoms with van der Waals surface area (Å²) in [5.41, 5.74) is -0.978. The molecule has 0 heterocycles. The van der Waals surface area contributed by atoms with E-state index in [1.807, 2.05) is 5.32 Å². The molecule has 0 saturated heterocycles. The molecular weight excluding hydrogens is 279 g/mol. The van der Waals surface area contributed by atoms with E-state index in [-0.39, 0.29) is 6.07 Å². The molecular formula is C12H12F3NO4. The zero-order valence-electron chi connectivity index (χ0n) is 10.6. The van der Waals surface area contributed by atoms with Crippen LogP contribution in [-0.2, 0) is 4.79 Å². The van der Waals surface area contributed by atoms with Gasteiger partial charge in [0.1, 0.15) is 6.04 Å². The Hall–Kier alpha value is -2.25. The monoisotopic (exact) mass is 291 g/mol. The summed E-state index contributed by atoms with van der Waals surface area (Å²) in [5, 5.41) is 19.8. The molecule has 3 N–H and O–H groups in total. The summed E-state index contributed by atoms with van der Waals surface area (Å²) in [4.78, 5) is 22.6. The van der Waals surface area contributed by atoms with Gasteiger partial charge in [0.15, 0.2) is 17.4 Å². The summed E-state index contributed by atoms with van der Waals surface area (Å²) in [6.45, 7) is 3.00. The molecule has 0 aromatic heterocycles. The Morgan fingerprint density at radius 1 is 1.20 bits per heavy atom. The number of nitrogens with one attached hydrogen (secondary N) is 1. The van der Waals surface area contributed by atoms with Crippen LogP contribution in [0.2, 0.25) is 0 Å². The van der Waals surface area contributed by atoms with Crippen LogP contribution in [0.4, 0.5) is 13.2 Å². The van der Waals surface area contributed by atoms with Crippen molar-refractivity contribution in [3.8, 4) is 5.75 Å². The number of phenolic OH excluding ortho intramolecular Hbond substituents is 1. The van der Waals surface area contributed by atoms with E-state index in [0.29, 0.717) is 0 Å². The fourth-order valence-electron chi connectivity index (χ4n) is 1.49. The fourth-order valence-corrected chi connectivity index (χ4v) is 1.49. The van der Waals surface area contributed by atoms with E-state index in [9.17, 15) is 22.8 Å². The molecule has 0 saturated carbocycles. The molecule has 110 valence electrons. The van der Waals surface area contributed by atoms with Gasteiger partial charge >= 0.3 is 5.97 Å². The van der Waals surface area contributed by atoms with Crippen molar-refractivity contribution in [3.63, 3.8) is 0 Å². The number of phenols is 1. The van der Waals surface area contributed by atoms with Gasteiger partial charge in [-0.1, -0.05) is 13.8 Å². The molecule has 0 fully saturated rings. The molecule has 0 aliphatic carbocycles. The lowest BCUT2D eigenvalue weighted by Gasteiger charge is -2.18. The molecule has 1 atom stereocenters. The average Bonchev–Trinajstić information content (AvgIpc) is 2.36. The van der Waals surface area contributed by atoms with E-state index in [2.05, 4.69) is 0 Å². The van der Waals surface area contributed by atoms with Crippen LogP contribution in [-0.4, -0.2) is 28.1 Å². The maximum Gasteiger partial charge on any atom is 0.326 e. The van der Waals surface area contributed by atoms with E-state index in [4.69, 9.17) is 10.2 Å². The summed E-state index contributed by atoms with van der Waals surface area (Å²) < 4.78 is 39.4. The SMILES string of the molecule is CC(C)[C@H](NC(=O)c1cc(F)c(F)c(O)c1F)C(=O)O. The lowest BCUT2D eigenvalue weighted by atomic mass is 10.0. The standard InChI is InChI=1S/C12H12F3NO4/c1-4(2)9(12(19)20)16-11(18)5-3-6(13)8(15)10(17)7(5)14/h3-4,9,17H,1-2H3,(H,16,18)(H,19,20)/t9-/m0/s1. The largest absolute Gasteiger partial charge is 0.503 e. The van der Waals surface area contributed by atoms with Gasteiger partial charge in [-0.15, -0.1) is 0 Å². The average molecular weight is 291 g/mol. The van der Waals surface area contributed by atoms with Crippen LogP contribution in [0.1, 0.15) is 24.2 Å². The molecule has 1 rings (SSSR count). The van der Waals surface area contributed by atoms with Crippen molar-refractivity contribution in [2.45, 2.75) is 19.9 Å². The lowest BCUT2D eigenvalue weighted by Crippen LogP contribution is -2.44. The smallest absolute Gasteiger partial charge is 0.326 e. The Morgan fingerprint density at radius 2 is 1.75 bits per heavy atom. The van der Waals surface area contributed by atoms with Crippen molar-refractivity contribution in [1.82, 2.24) is 5.32 Å². The minimum atomic E-state index is -1.82. The van der Waals surface area contributed by atoms with Crippen LogP contribution < -0.4 is 5.32 Å². The maximum atomic E-state index is 13.5. The second kappa shape index (κ2) is 5.81. The number of halogens is 3. The number of benzene rings is 1. The Balaban J connectivity index is 3.13. The number of carboxylic acids is 1. The second-order valence-corrected chi connectivity index (χ2v) is 4.42. The highest BCUT2D eigenvalue weighted by molar-refractivity contribution is 5.97. The van der Waals surface area contributed by atoms with E-state index in [0.717, 1.165) is 0 Å². The predicted octanol–water partition coefficient (Wildman–Crippen LogP) is 1.65. The number of hydrogen-bond acceptors (Lipinski definition) is 3. The quantitative estimate of drug-likeness (QED) is 0.736. The zero-order chi connectivity index (χ0) is 15.6. The normalized spacial score (nSPS) is 12.3. The third-order valence-corrected chi connectivity index (χ3v) is 2.60. The molecule has 1 aromatic rings. The third kappa shape index (κ3) is 3.01. The van der Waals surface area contributed by atoms with Crippen LogP contribution in [0, 0.1) is 23.4 Å². The molecule has 0 radical (unpaired) electrons. The Kier molecular flexibility index (Phi) is 4.59. The van der Waals surface area contributed by atoms with Crippen molar-refractivity contribution >= 4 is 11.9 Å². The molecule has 0 bridgehead atoms. The van der Waals surface area contributed by atoms with Crippen molar-refractivity contribution in [2.75, 3.05) is 0 Å². The van der Waals surface area contributed by atoms with Crippen LogP contribution >= 0.6 is 0 Å². The van der Waals surface area contributed by atoms with Gasteiger partial charge in [-0.3, -0.25) is 4.79 Å². The van der Waals surface area contributed by atoms with Crippen LogP contribution in [0.25, 0.3) is 0 Å². The number of hydrogen-bond donors (Lipinski definition) is 3. The Morgan fingerprint density at radius 3 is 2.20 bits per heavy atom. The van der Waals surface area contributed by atoms with Gasteiger partial charge in [0.25, 0.3) is 5.91 Å². The minimum Gasteiger partial charge on any atom is -0.503 e. The number of aromatic hydroxyl groups is 1. The summed E-state index contributed by atoms with van der Waals surface area (Å²) in [6.07, 6.45) is 0. The first-order valence-corrected chi connectivity index (χ1v) is 5.57. The summed E-state index contributed by atoms with van der Waals surface area (Å²) in [6, 6.07) is -1.09. The van der Waals surface area contributed by atoms with Gasteiger partial charge in [-0.05, 0) is 12.0 Å². The highest BCUT2D eigenvalue weighted by Gasteiger charge is 2.28. The van der Waals surface area contributed by atoms with Crippen molar-refractivity contribution in [3.05, 3.63) is 29.1 Å². The number of aliphatic carboxylic acids is 1.